The molecule has 6 nitrogen and oxygen atoms in total. The van der Waals surface area contributed by atoms with Gasteiger partial charge in [-0.3, -0.25) is 15.1 Å². The van der Waals surface area contributed by atoms with E-state index in [1.807, 2.05) is 24.0 Å². The van der Waals surface area contributed by atoms with Crippen LogP contribution in [0.5, 0.6) is 0 Å². The number of nitro groups is 1. The second-order valence-electron chi connectivity index (χ2n) is 4.64. The van der Waals surface area contributed by atoms with Crippen LogP contribution in [0.25, 0.3) is 0 Å². The SMILES string of the molecule is CCN(Cc1ccncc1)c1sc(C(C)O)cc1[N+](=O)[O-]. The molecule has 0 spiro atoms. The number of aliphatic hydroxyl groups is 1. The van der Waals surface area contributed by atoms with Gasteiger partial charge in [-0.25, -0.2) is 0 Å². The predicted octanol–water partition coefficient (Wildman–Crippen LogP) is 3.13. The fourth-order valence-corrected chi connectivity index (χ4v) is 3.11. The lowest BCUT2D eigenvalue weighted by molar-refractivity contribution is -0.383. The fourth-order valence-electron chi connectivity index (χ4n) is 1.99. The average molecular weight is 307 g/mol. The van der Waals surface area contributed by atoms with Crippen LogP contribution >= 0.6 is 11.3 Å². The van der Waals surface area contributed by atoms with Gasteiger partial charge in [-0.15, -0.1) is 11.3 Å². The summed E-state index contributed by atoms with van der Waals surface area (Å²) >= 11 is 1.27. The second kappa shape index (κ2) is 6.64. The number of anilines is 1. The van der Waals surface area contributed by atoms with E-state index >= 15 is 0 Å². The monoisotopic (exact) mass is 307 g/mol. The minimum atomic E-state index is -0.706. The van der Waals surface area contributed by atoms with Gasteiger partial charge in [0.05, 0.1) is 11.0 Å². The number of hydrogen-bond donors (Lipinski definition) is 1. The quantitative estimate of drug-likeness (QED) is 0.655. The summed E-state index contributed by atoms with van der Waals surface area (Å²) < 4.78 is 0. The summed E-state index contributed by atoms with van der Waals surface area (Å²) in [4.78, 5) is 17.3. The van der Waals surface area contributed by atoms with Gasteiger partial charge in [0.15, 0.2) is 5.00 Å². The summed E-state index contributed by atoms with van der Waals surface area (Å²) in [6, 6.07) is 5.23. The van der Waals surface area contributed by atoms with Gasteiger partial charge in [-0.2, -0.15) is 0 Å². The van der Waals surface area contributed by atoms with E-state index in [0.29, 0.717) is 23.0 Å². The third kappa shape index (κ3) is 3.56. The van der Waals surface area contributed by atoms with Gasteiger partial charge in [-0.05, 0) is 31.5 Å². The minimum absolute atomic E-state index is 0.0480. The number of nitrogens with zero attached hydrogens (tertiary/aromatic N) is 3. The standard InChI is InChI=1S/C14H17N3O3S/c1-3-16(9-11-4-6-15-7-5-11)14-12(17(19)20)8-13(21-14)10(2)18/h4-8,10,18H,3,9H2,1-2H3. The Hall–Kier alpha value is -1.99. The molecule has 0 fully saturated rings. The van der Waals surface area contributed by atoms with E-state index in [2.05, 4.69) is 4.98 Å². The average Bonchev–Trinajstić information content (AvgIpc) is 2.91. The van der Waals surface area contributed by atoms with Gasteiger partial charge in [0, 0.05) is 36.4 Å². The van der Waals surface area contributed by atoms with Gasteiger partial charge in [0.25, 0.3) is 0 Å². The highest BCUT2D eigenvalue weighted by Gasteiger charge is 2.24. The number of aromatic nitrogens is 1. The molecule has 0 bridgehead atoms. The lowest BCUT2D eigenvalue weighted by atomic mass is 10.2. The van der Waals surface area contributed by atoms with Crippen molar-refractivity contribution in [3.8, 4) is 0 Å². The molecule has 7 heteroatoms. The van der Waals surface area contributed by atoms with Crippen molar-refractivity contribution < 1.29 is 10.0 Å². The molecule has 0 aliphatic carbocycles. The van der Waals surface area contributed by atoms with Gasteiger partial charge >= 0.3 is 5.69 Å². The molecule has 2 aromatic heterocycles. The number of hydrogen-bond acceptors (Lipinski definition) is 6. The van der Waals surface area contributed by atoms with Crippen LogP contribution in [0.2, 0.25) is 0 Å². The van der Waals surface area contributed by atoms with Crippen LogP contribution in [-0.2, 0) is 6.54 Å². The van der Waals surface area contributed by atoms with Gasteiger partial charge in [-0.1, -0.05) is 0 Å². The first-order chi connectivity index (χ1) is 10.0. The maximum absolute atomic E-state index is 11.2. The maximum Gasteiger partial charge on any atom is 0.304 e. The van der Waals surface area contributed by atoms with Crippen LogP contribution in [0.15, 0.2) is 30.6 Å². The van der Waals surface area contributed by atoms with E-state index < -0.39 is 11.0 Å². The van der Waals surface area contributed by atoms with Gasteiger partial charge in [0.2, 0.25) is 0 Å². The molecule has 21 heavy (non-hydrogen) atoms. The molecule has 2 rings (SSSR count). The zero-order chi connectivity index (χ0) is 15.4. The summed E-state index contributed by atoms with van der Waals surface area (Å²) in [5.74, 6) is 0. The smallest absolute Gasteiger partial charge is 0.304 e. The van der Waals surface area contributed by atoms with Gasteiger partial charge in [0.1, 0.15) is 0 Å². The number of aliphatic hydroxyl groups excluding tert-OH is 1. The van der Waals surface area contributed by atoms with Crippen molar-refractivity contribution in [3.05, 3.63) is 51.1 Å². The Balaban J connectivity index is 2.35. The molecule has 1 atom stereocenters. The third-order valence-electron chi connectivity index (χ3n) is 3.11. The van der Waals surface area contributed by atoms with Crippen molar-refractivity contribution in [2.75, 3.05) is 11.4 Å². The first-order valence-corrected chi connectivity index (χ1v) is 7.44. The van der Waals surface area contributed by atoms with Crippen molar-refractivity contribution in [1.82, 2.24) is 4.98 Å². The fraction of sp³-hybridized carbons (Fsp3) is 0.357. The van der Waals surface area contributed by atoms with E-state index in [1.54, 1.807) is 19.3 Å². The van der Waals surface area contributed by atoms with Crippen LogP contribution in [0.1, 0.15) is 30.4 Å². The topological polar surface area (TPSA) is 79.5 Å². The molecular formula is C14H17N3O3S. The molecule has 0 aromatic carbocycles. The molecule has 2 heterocycles. The lowest BCUT2D eigenvalue weighted by Crippen LogP contribution is -2.21. The highest BCUT2D eigenvalue weighted by atomic mass is 32.1. The van der Waals surface area contributed by atoms with E-state index in [-0.39, 0.29) is 5.69 Å². The van der Waals surface area contributed by atoms with E-state index in [0.717, 1.165) is 5.56 Å². The molecule has 2 aromatic rings. The lowest BCUT2D eigenvalue weighted by Gasteiger charge is -2.20. The molecule has 0 aliphatic rings. The van der Waals surface area contributed by atoms with Crippen molar-refractivity contribution in [2.45, 2.75) is 26.5 Å². The maximum atomic E-state index is 11.2. The minimum Gasteiger partial charge on any atom is -0.388 e. The van der Waals surface area contributed by atoms with Crippen LogP contribution in [0.3, 0.4) is 0 Å². The molecule has 1 N–H and O–H groups in total. The van der Waals surface area contributed by atoms with Gasteiger partial charge < -0.3 is 10.0 Å². The first kappa shape index (κ1) is 15.4. The van der Waals surface area contributed by atoms with Crippen molar-refractivity contribution >= 4 is 22.0 Å². The summed E-state index contributed by atoms with van der Waals surface area (Å²) in [6.07, 6.45) is 2.70. The van der Waals surface area contributed by atoms with E-state index in [9.17, 15) is 15.2 Å². The molecule has 0 saturated carbocycles. The summed E-state index contributed by atoms with van der Waals surface area (Å²) in [6.45, 7) is 4.77. The van der Waals surface area contributed by atoms with Crippen LogP contribution in [0, 0.1) is 10.1 Å². The predicted molar refractivity (Wildman–Crippen MR) is 82.6 cm³/mol. The normalized spacial score (nSPS) is 12.1. The Bertz CT molecular complexity index is 613. The highest BCUT2D eigenvalue weighted by Crippen LogP contribution is 2.40. The zero-order valence-electron chi connectivity index (χ0n) is 11.9. The molecule has 0 radical (unpaired) electrons. The van der Waals surface area contributed by atoms with Crippen LogP contribution in [-0.4, -0.2) is 21.6 Å². The summed E-state index contributed by atoms with van der Waals surface area (Å²) in [5.41, 5.74) is 1.08. The molecule has 0 saturated heterocycles. The molecule has 0 aliphatic heterocycles. The Labute approximate surface area is 126 Å². The Kier molecular flexibility index (Phi) is 4.87. The number of thiophene rings is 1. The first-order valence-electron chi connectivity index (χ1n) is 6.63. The Morgan fingerprint density at radius 2 is 2.14 bits per heavy atom. The number of pyridine rings is 1. The molecule has 112 valence electrons. The highest BCUT2D eigenvalue weighted by molar-refractivity contribution is 7.16. The van der Waals surface area contributed by atoms with E-state index in [4.69, 9.17) is 0 Å². The second-order valence-corrected chi connectivity index (χ2v) is 5.70. The molecule has 0 amide bonds. The van der Waals surface area contributed by atoms with Crippen molar-refractivity contribution in [1.29, 1.82) is 0 Å². The Morgan fingerprint density at radius 3 is 2.67 bits per heavy atom. The van der Waals surface area contributed by atoms with Crippen LogP contribution < -0.4 is 4.90 Å². The summed E-state index contributed by atoms with van der Waals surface area (Å²) in [7, 11) is 0. The zero-order valence-corrected chi connectivity index (χ0v) is 12.7. The Morgan fingerprint density at radius 1 is 1.48 bits per heavy atom. The van der Waals surface area contributed by atoms with Crippen molar-refractivity contribution in [3.63, 3.8) is 0 Å². The third-order valence-corrected chi connectivity index (χ3v) is 4.47. The number of rotatable bonds is 6. The van der Waals surface area contributed by atoms with Crippen LogP contribution in [0.4, 0.5) is 10.7 Å². The molecule has 1 unspecified atom stereocenters. The van der Waals surface area contributed by atoms with Crippen molar-refractivity contribution in [2.24, 2.45) is 0 Å². The summed E-state index contributed by atoms with van der Waals surface area (Å²) in [5, 5.41) is 21.5. The largest absolute Gasteiger partial charge is 0.388 e. The molecular weight excluding hydrogens is 290 g/mol. The van der Waals surface area contributed by atoms with E-state index in [1.165, 1.54) is 17.4 Å².